The number of amides is 2. The molecule has 2 rings (SSSR count). The fourth-order valence-electron chi connectivity index (χ4n) is 1.87. The van der Waals surface area contributed by atoms with Gasteiger partial charge >= 0.3 is 0 Å². The first kappa shape index (κ1) is 15.9. The number of carbonyl (C=O) groups excluding carboxylic acids is 2. The van der Waals surface area contributed by atoms with Gasteiger partial charge in [0.15, 0.2) is 0 Å². The Hall–Kier alpha value is -2.53. The van der Waals surface area contributed by atoms with Gasteiger partial charge in [-0.2, -0.15) is 0 Å². The number of carbonyl (C=O) groups is 2. The van der Waals surface area contributed by atoms with Crippen molar-refractivity contribution in [2.45, 2.75) is 0 Å². The maximum absolute atomic E-state index is 11.9. The van der Waals surface area contributed by atoms with Crippen molar-refractivity contribution >= 4 is 34.8 Å². The Morgan fingerprint density at radius 2 is 1.77 bits per heavy atom. The smallest absolute Gasteiger partial charge is 0.251 e. The van der Waals surface area contributed by atoms with E-state index in [1.807, 2.05) is 6.07 Å². The zero-order chi connectivity index (χ0) is 15.9. The Balaban J connectivity index is 1.93. The van der Waals surface area contributed by atoms with Crippen LogP contribution >= 0.6 is 11.6 Å². The van der Waals surface area contributed by atoms with E-state index in [4.69, 9.17) is 11.6 Å². The van der Waals surface area contributed by atoms with E-state index < -0.39 is 0 Å². The van der Waals surface area contributed by atoms with Gasteiger partial charge in [-0.05, 0) is 36.4 Å². The van der Waals surface area contributed by atoms with E-state index in [-0.39, 0.29) is 18.4 Å². The van der Waals surface area contributed by atoms with Gasteiger partial charge in [-0.25, -0.2) is 0 Å². The second kappa shape index (κ2) is 7.47. The van der Waals surface area contributed by atoms with E-state index in [1.54, 1.807) is 49.5 Å². The largest absolute Gasteiger partial charge is 0.376 e. The van der Waals surface area contributed by atoms with Crippen molar-refractivity contribution < 1.29 is 9.59 Å². The van der Waals surface area contributed by atoms with Crippen LogP contribution in [0, 0.1) is 0 Å². The van der Waals surface area contributed by atoms with E-state index in [0.29, 0.717) is 16.3 Å². The van der Waals surface area contributed by atoms with Crippen molar-refractivity contribution in [1.29, 1.82) is 0 Å². The van der Waals surface area contributed by atoms with Crippen LogP contribution in [0.3, 0.4) is 0 Å². The molecule has 2 aromatic rings. The number of hydrogen-bond acceptors (Lipinski definition) is 3. The lowest BCUT2D eigenvalue weighted by molar-refractivity contribution is -0.114. The topological polar surface area (TPSA) is 70.2 Å². The third kappa shape index (κ3) is 4.49. The Labute approximate surface area is 133 Å². The Bertz CT molecular complexity index is 689. The van der Waals surface area contributed by atoms with Crippen molar-refractivity contribution in [3.63, 3.8) is 0 Å². The molecule has 0 saturated heterocycles. The molecule has 2 amide bonds. The van der Waals surface area contributed by atoms with Crippen LogP contribution in [0.4, 0.5) is 11.4 Å². The molecule has 0 unspecified atom stereocenters. The highest BCUT2D eigenvalue weighted by Crippen LogP contribution is 2.15. The second-order valence-corrected chi connectivity index (χ2v) is 5.01. The molecule has 0 spiro atoms. The standard InChI is InChI=1S/C16H16ClN3O2/c1-18-16(22)11-4-2-7-14(8-11)20-15(21)10-19-13-6-3-5-12(17)9-13/h2-9,19H,10H2,1H3,(H,18,22)(H,20,21). The summed E-state index contributed by atoms with van der Waals surface area (Å²) in [4.78, 5) is 23.5. The monoisotopic (exact) mass is 317 g/mol. The minimum atomic E-state index is -0.214. The number of halogens is 1. The number of anilines is 2. The third-order valence-electron chi connectivity index (χ3n) is 2.91. The molecular weight excluding hydrogens is 302 g/mol. The quantitative estimate of drug-likeness (QED) is 0.794. The summed E-state index contributed by atoms with van der Waals surface area (Å²) >= 11 is 5.87. The first-order valence-electron chi connectivity index (χ1n) is 6.70. The van der Waals surface area contributed by atoms with Gasteiger partial charge < -0.3 is 16.0 Å². The van der Waals surface area contributed by atoms with Gasteiger partial charge in [0.2, 0.25) is 5.91 Å². The minimum Gasteiger partial charge on any atom is -0.376 e. The molecule has 0 aliphatic carbocycles. The Kier molecular flexibility index (Phi) is 5.38. The molecule has 0 fully saturated rings. The van der Waals surface area contributed by atoms with Crippen molar-refractivity contribution in [3.05, 3.63) is 59.1 Å². The fourth-order valence-corrected chi connectivity index (χ4v) is 2.06. The summed E-state index contributed by atoms with van der Waals surface area (Å²) in [6.45, 7) is 0.102. The Morgan fingerprint density at radius 1 is 1.05 bits per heavy atom. The molecule has 0 saturated carbocycles. The second-order valence-electron chi connectivity index (χ2n) is 4.57. The van der Waals surface area contributed by atoms with Gasteiger partial charge in [-0.15, -0.1) is 0 Å². The van der Waals surface area contributed by atoms with E-state index >= 15 is 0 Å². The van der Waals surface area contributed by atoms with Crippen molar-refractivity contribution in [2.75, 3.05) is 24.2 Å². The lowest BCUT2D eigenvalue weighted by Crippen LogP contribution is -2.22. The molecule has 114 valence electrons. The van der Waals surface area contributed by atoms with Crippen molar-refractivity contribution in [1.82, 2.24) is 5.32 Å². The summed E-state index contributed by atoms with van der Waals surface area (Å²) in [5, 5.41) is 8.85. The zero-order valence-electron chi connectivity index (χ0n) is 12.0. The maximum atomic E-state index is 11.9. The highest BCUT2D eigenvalue weighted by molar-refractivity contribution is 6.30. The van der Waals surface area contributed by atoms with Crippen LogP contribution in [0.25, 0.3) is 0 Å². The molecule has 0 aliphatic heterocycles. The van der Waals surface area contributed by atoms with E-state index in [0.717, 1.165) is 5.69 Å². The first-order chi connectivity index (χ1) is 10.6. The lowest BCUT2D eigenvalue weighted by atomic mass is 10.2. The molecular formula is C16H16ClN3O2. The molecule has 5 nitrogen and oxygen atoms in total. The van der Waals surface area contributed by atoms with Crippen LogP contribution in [0.2, 0.25) is 5.02 Å². The normalized spacial score (nSPS) is 9.91. The van der Waals surface area contributed by atoms with Crippen LogP contribution in [0.5, 0.6) is 0 Å². The summed E-state index contributed by atoms with van der Waals surface area (Å²) < 4.78 is 0. The average Bonchev–Trinajstić information content (AvgIpc) is 2.52. The third-order valence-corrected chi connectivity index (χ3v) is 3.15. The summed E-state index contributed by atoms with van der Waals surface area (Å²) in [5.74, 6) is -0.415. The van der Waals surface area contributed by atoms with Crippen LogP contribution in [0.15, 0.2) is 48.5 Å². The Morgan fingerprint density at radius 3 is 2.50 bits per heavy atom. The van der Waals surface area contributed by atoms with Gasteiger partial charge in [-0.1, -0.05) is 23.7 Å². The van der Waals surface area contributed by atoms with Gasteiger partial charge in [-0.3, -0.25) is 9.59 Å². The van der Waals surface area contributed by atoms with Gasteiger partial charge in [0, 0.05) is 29.0 Å². The molecule has 22 heavy (non-hydrogen) atoms. The highest BCUT2D eigenvalue weighted by Gasteiger charge is 2.06. The molecule has 0 aliphatic rings. The summed E-state index contributed by atoms with van der Waals surface area (Å²) in [7, 11) is 1.56. The number of hydrogen-bond donors (Lipinski definition) is 3. The first-order valence-corrected chi connectivity index (χ1v) is 7.08. The SMILES string of the molecule is CNC(=O)c1cccc(NC(=O)CNc2cccc(Cl)c2)c1. The molecule has 0 bridgehead atoms. The van der Waals surface area contributed by atoms with Crippen LogP contribution < -0.4 is 16.0 Å². The van der Waals surface area contributed by atoms with Crippen molar-refractivity contribution in [2.24, 2.45) is 0 Å². The molecule has 0 heterocycles. The zero-order valence-corrected chi connectivity index (χ0v) is 12.8. The van der Waals surface area contributed by atoms with E-state index in [1.165, 1.54) is 0 Å². The average molecular weight is 318 g/mol. The summed E-state index contributed by atoms with van der Waals surface area (Å²) in [6.07, 6.45) is 0. The molecule has 2 aromatic carbocycles. The summed E-state index contributed by atoms with van der Waals surface area (Å²) in [5.41, 5.74) is 1.82. The maximum Gasteiger partial charge on any atom is 0.251 e. The van der Waals surface area contributed by atoms with Gasteiger partial charge in [0.25, 0.3) is 5.91 Å². The molecule has 0 radical (unpaired) electrons. The predicted molar refractivity (Wildman–Crippen MR) is 88.4 cm³/mol. The lowest BCUT2D eigenvalue weighted by Gasteiger charge is -2.09. The minimum absolute atomic E-state index is 0.102. The fraction of sp³-hybridized carbons (Fsp3) is 0.125. The van der Waals surface area contributed by atoms with Gasteiger partial charge in [0.05, 0.1) is 6.54 Å². The van der Waals surface area contributed by atoms with E-state index in [2.05, 4.69) is 16.0 Å². The molecule has 3 N–H and O–H groups in total. The highest BCUT2D eigenvalue weighted by atomic mass is 35.5. The molecule has 6 heteroatoms. The van der Waals surface area contributed by atoms with Gasteiger partial charge in [0.1, 0.15) is 0 Å². The number of rotatable bonds is 5. The molecule has 0 atom stereocenters. The molecule has 0 aromatic heterocycles. The van der Waals surface area contributed by atoms with E-state index in [9.17, 15) is 9.59 Å². The number of nitrogens with one attached hydrogen (secondary N) is 3. The number of benzene rings is 2. The predicted octanol–water partition coefficient (Wildman–Crippen LogP) is 2.75. The van der Waals surface area contributed by atoms with Crippen LogP contribution in [-0.4, -0.2) is 25.4 Å². The summed E-state index contributed by atoms with van der Waals surface area (Å²) in [6, 6.07) is 13.9. The van der Waals surface area contributed by atoms with Crippen LogP contribution in [0.1, 0.15) is 10.4 Å². The van der Waals surface area contributed by atoms with Crippen LogP contribution in [-0.2, 0) is 4.79 Å². The van der Waals surface area contributed by atoms with Crippen molar-refractivity contribution in [3.8, 4) is 0 Å².